The van der Waals surface area contributed by atoms with Gasteiger partial charge in [0.15, 0.2) is 29.4 Å². The molecular weight excluding hydrogens is 464 g/mol. The van der Waals surface area contributed by atoms with Crippen LogP contribution in [0.4, 0.5) is 0 Å². The fraction of sp³-hybridized carbons (Fsp3) is 0.643. The molecular formula is C28H42O8. The topological polar surface area (TPSA) is 138 Å². The van der Waals surface area contributed by atoms with Crippen molar-refractivity contribution in [3.05, 3.63) is 29.8 Å². The molecule has 0 spiro atoms. The van der Waals surface area contributed by atoms with Crippen molar-refractivity contribution in [1.82, 2.24) is 0 Å². The summed E-state index contributed by atoms with van der Waals surface area (Å²) in [5, 5.41) is 33.1. The Kier molecular flexibility index (Phi) is 14.4. The summed E-state index contributed by atoms with van der Waals surface area (Å²) in [5.74, 6) is -3.90. The molecule has 0 bridgehead atoms. The van der Waals surface area contributed by atoms with Crippen LogP contribution in [0.2, 0.25) is 0 Å². The van der Waals surface area contributed by atoms with E-state index in [1.165, 1.54) is 24.3 Å². The fourth-order valence-electron chi connectivity index (χ4n) is 4.08. The number of benzene rings is 1. The van der Waals surface area contributed by atoms with Crippen molar-refractivity contribution in [1.29, 1.82) is 0 Å². The maximum absolute atomic E-state index is 13.5. The Labute approximate surface area is 214 Å². The van der Waals surface area contributed by atoms with Gasteiger partial charge in [-0.25, -0.2) is 0 Å². The van der Waals surface area contributed by atoms with Crippen LogP contribution < -0.4 is 4.74 Å². The molecule has 0 aliphatic heterocycles. The van der Waals surface area contributed by atoms with Gasteiger partial charge in [-0.3, -0.25) is 19.2 Å². The highest BCUT2D eigenvalue weighted by Gasteiger charge is 2.55. The monoisotopic (exact) mass is 506 g/mol. The van der Waals surface area contributed by atoms with E-state index in [1.54, 1.807) is 0 Å². The maximum Gasteiger partial charge on any atom is 0.308 e. The number of esters is 1. The first-order chi connectivity index (χ1) is 17.1. The van der Waals surface area contributed by atoms with Crippen LogP contribution in [0, 0.1) is 0 Å². The van der Waals surface area contributed by atoms with E-state index in [0.717, 1.165) is 58.3 Å². The molecule has 0 radical (unpaired) electrons. The van der Waals surface area contributed by atoms with Crippen molar-refractivity contribution in [2.24, 2.45) is 0 Å². The summed E-state index contributed by atoms with van der Waals surface area (Å²) in [6.07, 6.45) is 3.25. The third kappa shape index (κ3) is 9.22. The number of aliphatic hydroxyl groups excluding tert-OH is 2. The zero-order chi connectivity index (χ0) is 27.1. The van der Waals surface area contributed by atoms with E-state index in [2.05, 4.69) is 13.8 Å². The molecule has 36 heavy (non-hydrogen) atoms. The van der Waals surface area contributed by atoms with Crippen LogP contribution in [-0.4, -0.2) is 56.4 Å². The van der Waals surface area contributed by atoms with Crippen molar-refractivity contribution in [3.63, 3.8) is 0 Å². The van der Waals surface area contributed by atoms with Crippen LogP contribution >= 0.6 is 0 Å². The van der Waals surface area contributed by atoms with E-state index in [-0.39, 0.29) is 24.2 Å². The van der Waals surface area contributed by atoms with Gasteiger partial charge in [-0.15, -0.1) is 0 Å². The molecule has 0 saturated carbocycles. The van der Waals surface area contributed by atoms with E-state index in [0.29, 0.717) is 12.8 Å². The largest absolute Gasteiger partial charge is 0.426 e. The molecule has 202 valence electrons. The average molecular weight is 507 g/mol. The van der Waals surface area contributed by atoms with Gasteiger partial charge >= 0.3 is 5.97 Å². The number of carbonyl (C=O) groups is 4. The van der Waals surface area contributed by atoms with Crippen molar-refractivity contribution < 1.29 is 39.2 Å². The Balaban J connectivity index is 3.23. The number of Topliss-reactive ketones (excluding diaryl/α,β-unsaturated/α-hetero) is 3. The Hall–Kier alpha value is -2.42. The predicted octanol–water partition coefficient (Wildman–Crippen LogP) is 4.11. The molecule has 0 saturated heterocycles. The lowest BCUT2D eigenvalue weighted by Crippen LogP contribution is -2.63. The van der Waals surface area contributed by atoms with E-state index in [9.17, 15) is 34.5 Å². The minimum Gasteiger partial charge on any atom is -0.426 e. The second-order valence-electron chi connectivity index (χ2n) is 9.31. The molecule has 1 aromatic carbocycles. The minimum absolute atomic E-state index is 0.121. The molecule has 1 aromatic rings. The number of hydrogen-bond acceptors (Lipinski definition) is 8. The van der Waals surface area contributed by atoms with Gasteiger partial charge in [0.25, 0.3) is 0 Å². The maximum atomic E-state index is 13.5. The summed E-state index contributed by atoms with van der Waals surface area (Å²) in [5.41, 5.74) is -3.46. The average Bonchev–Trinajstić information content (AvgIpc) is 2.86. The van der Waals surface area contributed by atoms with Gasteiger partial charge in [0.2, 0.25) is 5.78 Å². The number of para-hydroxylation sites is 1. The number of hydrogen-bond donors (Lipinski definition) is 3. The van der Waals surface area contributed by atoms with Crippen LogP contribution in [0.3, 0.4) is 0 Å². The third-order valence-corrected chi connectivity index (χ3v) is 6.25. The molecule has 8 nitrogen and oxygen atoms in total. The number of carbonyl (C=O) groups excluding carboxylic acids is 4. The van der Waals surface area contributed by atoms with E-state index >= 15 is 0 Å². The van der Waals surface area contributed by atoms with E-state index in [4.69, 9.17) is 4.74 Å². The van der Waals surface area contributed by atoms with Gasteiger partial charge in [0.1, 0.15) is 5.75 Å². The second-order valence-corrected chi connectivity index (χ2v) is 9.31. The summed E-state index contributed by atoms with van der Waals surface area (Å²) >= 11 is 0. The highest BCUT2D eigenvalue weighted by molar-refractivity contribution is 6.11. The lowest BCUT2D eigenvalue weighted by atomic mass is 9.77. The highest BCUT2D eigenvalue weighted by Crippen LogP contribution is 2.30. The minimum atomic E-state index is -3.13. The molecule has 0 aliphatic carbocycles. The molecule has 0 aromatic heterocycles. The summed E-state index contributed by atoms with van der Waals surface area (Å²) in [7, 11) is 0. The SMILES string of the molecule is CCCCCCCC(=O)C(O)C(O)(C(=O)c1ccccc1OC(C)=O)C(O)C(=O)CCCCCCC. The van der Waals surface area contributed by atoms with Crippen molar-refractivity contribution in [2.45, 2.75) is 116 Å². The summed E-state index contributed by atoms with van der Waals surface area (Å²) in [6.45, 7) is 5.23. The first-order valence-corrected chi connectivity index (χ1v) is 13.1. The lowest BCUT2D eigenvalue weighted by Gasteiger charge is -2.34. The summed E-state index contributed by atoms with van der Waals surface area (Å²) < 4.78 is 5.04. The highest BCUT2D eigenvalue weighted by atomic mass is 16.5. The quantitative estimate of drug-likeness (QED) is 0.110. The molecule has 2 unspecified atom stereocenters. The molecule has 0 aliphatic rings. The Morgan fingerprint density at radius 3 is 1.67 bits per heavy atom. The summed E-state index contributed by atoms with van der Waals surface area (Å²) in [4.78, 5) is 50.7. The van der Waals surface area contributed by atoms with Gasteiger partial charge in [-0.05, 0) is 25.0 Å². The number of unbranched alkanes of at least 4 members (excludes halogenated alkanes) is 8. The Morgan fingerprint density at radius 1 is 0.778 bits per heavy atom. The molecule has 0 amide bonds. The third-order valence-electron chi connectivity index (χ3n) is 6.25. The van der Waals surface area contributed by atoms with Crippen molar-refractivity contribution in [3.8, 4) is 5.75 Å². The van der Waals surface area contributed by atoms with Gasteiger partial charge in [0.05, 0.1) is 5.56 Å². The zero-order valence-corrected chi connectivity index (χ0v) is 21.8. The first kappa shape index (κ1) is 31.6. The molecule has 0 fully saturated rings. The number of ketones is 3. The fourth-order valence-corrected chi connectivity index (χ4v) is 4.08. The van der Waals surface area contributed by atoms with Gasteiger partial charge in [0, 0.05) is 19.8 Å². The van der Waals surface area contributed by atoms with Crippen molar-refractivity contribution >= 4 is 23.3 Å². The lowest BCUT2D eigenvalue weighted by molar-refractivity contribution is -0.160. The number of ether oxygens (including phenoxy) is 1. The first-order valence-electron chi connectivity index (χ1n) is 13.1. The molecule has 0 heterocycles. The van der Waals surface area contributed by atoms with Crippen LogP contribution in [0.25, 0.3) is 0 Å². The number of aliphatic hydroxyl groups is 3. The van der Waals surface area contributed by atoms with Gasteiger partial charge in [-0.2, -0.15) is 0 Å². The molecule has 1 rings (SSSR count). The summed E-state index contributed by atoms with van der Waals surface area (Å²) in [6, 6.07) is 5.46. The van der Waals surface area contributed by atoms with Gasteiger partial charge < -0.3 is 20.1 Å². The normalized spacial score (nSPS) is 14.5. The van der Waals surface area contributed by atoms with Gasteiger partial charge in [-0.1, -0.05) is 77.3 Å². The number of rotatable bonds is 19. The Morgan fingerprint density at radius 2 is 1.22 bits per heavy atom. The van der Waals surface area contributed by atoms with Crippen LogP contribution in [-0.2, 0) is 14.4 Å². The van der Waals surface area contributed by atoms with E-state index in [1.807, 2.05) is 0 Å². The molecule has 2 atom stereocenters. The second kappa shape index (κ2) is 16.3. The van der Waals surface area contributed by atoms with Crippen LogP contribution in [0.15, 0.2) is 24.3 Å². The van der Waals surface area contributed by atoms with Crippen molar-refractivity contribution in [2.75, 3.05) is 0 Å². The zero-order valence-electron chi connectivity index (χ0n) is 21.8. The van der Waals surface area contributed by atoms with E-state index < -0.39 is 41.1 Å². The Bertz CT molecular complexity index is 831. The predicted molar refractivity (Wildman–Crippen MR) is 136 cm³/mol. The molecule has 3 N–H and O–H groups in total. The molecule has 8 heteroatoms. The smallest absolute Gasteiger partial charge is 0.308 e. The van der Waals surface area contributed by atoms with Crippen LogP contribution in [0.1, 0.15) is 108 Å². The standard InChI is InChI=1S/C28H42O8/c1-4-6-8-10-12-17-22(30)26(33)28(35,27(34)23(31)18-13-11-9-7-5-2)25(32)21-16-14-15-19-24(21)36-20(3)29/h14-16,19,26-27,33-35H,4-13,17-18H2,1-3H3. The van der Waals surface area contributed by atoms with Crippen LogP contribution in [0.5, 0.6) is 5.75 Å².